The van der Waals surface area contributed by atoms with Crippen LogP contribution in [-0.4, -0.2) is 55.9 Å². The number of amides is 1. The molecule has 0 unspecified atom stereocenters. The number of aryl methyl sites for hydroxylation is 1. The van der Waals surface area contributed by atoms with E-state index in [-0.39, 0.29) is 29.7 Å². The van der Waals surface area contributed by atoms with Gasteiger partial charge in [-0.3, -0.25) is 18.9 Å². The fourth-order valence-corrected chi connectivity index (χ4v) is 5.64. The quantitative estimate of drug-likeness (QED) is 0.497. The fraction of sp³-hybridized carbons (Fsp3) is 0.478. The van der Waals surface area contributed by atoms with E-state index >= 15 is 0 Å². The van der Waals surface area contributed by atoms with E-state index in [2.05, 4.69) is 4.90 Å². The minimum absolute atomic E-state index is 0.00675. The second-order valence-corrected chi connectivity index (χ2v) is 10.2. The molecule has 9 heteroatoms. The highest BCUT2D eigenvalue weighted by Gasteiger charge is 2.35. The Hall–Kier alpha value is -2.23. The maximum Gasteiger partial charge on any atom is 0.267 e. The molecule has 0 radical (unpaired) electrons. The van der Waals surface area contributed by atoms with Crippen molar-refractivity contribution in [2.45, 2.75) is 59.3 Å². The van der Waals surface area contributed by atoms with Crippen molar-refractivity contribution in [3.05, 3.63) is 44.7 Å². The number of ether oxygens (including phenoxy) is 1. The molecule has 0 aromatic carbocycles. The Balaban J connectivity index is 1.89. The van der Waals surface area contributed by atoms with E-state index in [1.54, 1.807) is 21.6 Å². The Kier molecular flexibility index (Phi) is 6.42. The Labute approximate surface area is 197 Å². The van der Waals surface area contributed by atoms with Gasteiger partial charge < -0.3 is 9.64 Å². The fourth-order valence-electron chi connectivity index (χ4n) is 4.19. The van der Waals surface area contributed by atoms with Crippen molar-refractivity contribution in [1.82, 2.24) is 14.3 Å². The van der Waals surface area contributed by atoms with Crippen molar-refractivity contribution in [2.75, 3.05) is 18.0 Å². The Morgan fingerprint density at radius 1 is 1.31 bits per heavy atom. The molecule has 0 aliphatic carbocycles. The van der Waals surface area contributed by atoms with Gasteiger partial charge in [-0.1, -0.05) is 37.0 Å². The molecule has 2 saturated heterocycles. The Bertz CT molecular complexity index is 1170. The molecule has 2 aliphatic heterocycles. The molecule has 7 nitrogen and oxygen atoms in total. The normalized spacial score (nSPS) is 24.1. The van der Waals surface area contributed by atoms with E-state index in [1.165, 1.54) is 11.8 Å². The van der Waals surface area contributed by atoms with Crippen LogP contribution in [0.25, 0.3) is 11.7 Å². The highest BCUT2D eigenvalue weighted by Crippen LogP contribution is 2.35. The molecule has 32 heavy (non-hydrogen) atoms. The van der Waals surface area contributed by atoms with Gasteiger partial charge in [0, 0.05) is 25.3 Å². The number of carbonyl (C=O) groups is 1. The minimum atomic E-state index is -0.200. The van der Waals surface area contributed by atoms with Crippen molar-refractivity contribution in [2.24, 2.45) is 0 Å². The number of thiocarbonyl (C=S) groups is 1. The summed E-state index contributed by atoms with van der Waals surface area (Å²) < 4.78 is 7.96. The highest BCUT2D eigenvalue weighted by atomic mass is 32.2. The third-order valence-electron chi connectivity index (χ3n) is 5.91. The summed E-state index contributed by atoms with van der Waals surface area (Å²) in [7, 11) is 0. The van der Waals surface area contributed by atoms with E-state index in [0.717, 1.165) is 12.0 Å². The number of fused-ring (bicyclic) bond motifs is 1. The van der Waals surface area contributed by atoms with Crippen molar-refractivity contribution >= 4 is 51.7 Å². The second-order valence-electron chi connectivity index (χ2n) is 8.51. The van der Waals surface area contributed by atoms with Gasteiger partial charge in [-0.2, -0.15) is 0 Å². The summed E-state index contributed by atoms with van der Waals surface area (Å²) in [6.45, 7) is 11.2. The third-order valence-corrected chi connectivity index (χ3v) is 7.24. The molecule has 1 amide bonds. The van der Waals surface area contributed by atoms with Crippen LogP contribution in [0.15, 0.2) is 28.0 Å². The molecule has 0 bridgehead atoms. The van der Waals surface area contributed by atoms with Gasteiger partial charge in [0.1, 0.15) is 15.8 Å². The maximum absolute atomic E-state index is 13.6. The third kappa shape index (κ3) is 4.09. The zero-order valence-electron chi connectivity index (χ0n) is 19.0. The first-order chi connectivity index (χ1) is 15.2. The Morgan fingerprint density at radius 3 is 2.66 bits per heavy atom. The van der Waals surface area contributed by atoms with E-state index < -0.39 is 0 Å². The average molecular weight is 473 g/mol. The summed E-state index contributed by atoms with van der Waals surface area (Å²) in [5.41, 5.74) is 1.73. The van der Waals surface area contributed by atoms with Crippen LogP contribution in [0.3, 0.4) is 0 Å². The first kappa shape index (κ1) is 22.9. The van der Waals surface area contributed by atoms with Crippen LogP contribution >= 0.6 is 24.0 Å². The molecule has 4 rings (SSSR count). The van der Waals surface area contributed by atoms with Crippen LogP contribution in [0, 0.1) is 6.92 Å². The van der Waals surface area contributed by atoms with Gasteiger partial charge in [0.05, 0.1) is 22.7 Å². The largest absolute Gasteiger partial charge is 0.372 e. The summed E-state index contributed by atoms with van der Waals surface area (Å²) in [6, 6.07) is 3.77. The smallest absolute Gasteiger partial charge is 0.267 e. The zero-order valence-corrected chi connectivity index (χ0v) is 20.6. The predicted octanol–water partition coefficient (Wildman–Crippen LogP) is 3.62. The molecule has 2 aromatic rings. The van der Waals surface area contributed by atoms with Crippen LogP contribution in [0.5, 0.6) is 0 Å². The molecular formula is C23H28N4O3S2. The molecule has 4 heterocycles. The number of hydrogen-bond donors (Lipinski definition) is 0. The first-order valence-corrected chi connectivity index (χ1v) is 12.1. The van der Waals surface area contributed by atoms with Gasteiger partial charge in [0.15, 0.2) is 0 Å². The van der Waals surface area contributed by atoms with Crippen LogP contribution in [0.2, 0.25) is 0 Å². The number of morpholine rings is 1. The molecule has 0 saturated carbocycles. The van der Waals surface area contributed by atoms with Crippen LogP contribution in [-0.2, 0) is 9.53 Å². The zero-order chi connectivity index (χ0) is 23.2. The number of hydrogen-bond acceptors (Lipinski definition) is 7. The highest BCUT2D eigenvalue weighted by molar-refractivity contribution is 8.26. The van der Waals surface area contributed by atoms with Gasteiger partial charge in [0.2, 0.25) is 0 Å². The minimum Gasteiger partial charge on any atom is -0.372 e. The lowest BCUT2D eigenvalue weighted by Gasteiger charge is -2.36. The lowest BCUT2D eigenvalue weighted by molar-refractivity contribution is -0.123. The lowest BCUT2D eigenvalue weighted by atomic mass is 10.1. The van der Waals surface area contributed by atoms with Gasteiger partial charge >= 0.3 is 0 Å². The van der Waals surface area contributed by atoms with Crippen molar-refractivity contribution in [1.29, 1.82) is 0 Å². The van der Waals surface area contributed by atoms with Crippen LogP contribution in [0.4, 0.5) is 5.82 Å². The second kappa shape index (κ2) is 8.96. The van der Waals surface area contributed by atoms with Gasteiger partial charge in [-0.05, 0) is 51.8 Å². The molecule has 0 spiro atoms. The van der Waals surface area contributed by atoms with Crippen molar-refractivity contribution in [3.63, 3.8) is 0 Å². The van der Waals surface area contributed by atoms with E-state index in [1.807, 2.05) is 46.8 Å². The molecule has 170 valence electrons. The van der Waals surface area contributed by atoms with Crippen LogP contribution < -0.4 is 10.5 Å². The number of aromatic nitrogens is 2. The molecular weight excluding hydrogens is 444 g/mol. The number of anilines is 1. The molecule has 0 N–H and O–H groups in total. The lowest BCUT2D eigenvalue weighted by Crippen LogP contribution is -2.46. The summed E-state index contributed by atoms with van der Waals surface area (Å²) in [5.74, 6) is 0.429. The molecule has 2 aromatic heterocycles. The number of thioether (sulfide) groups is 1. The van der Waals surface area contributed by atoms with Crippen molar-refractivity contribution in [3.8, 4) is 0 Å². The average Bonchev–Trinajstić information content (AvgIpc) is 3.02. The summed E-state index contributed by atoms with van der Waals surface area (Å²) in [4.78, 5) is 35.8. The SMILES string of the molecule is CC[C@H](C)N1C(=O)/C(=C/c2c(N3C[C@@H](C)O[C@H](C)C3)nc3c(C)cccn3c2=O)SC1=S. The van der Waals surface area contributed by atoms with Crippen LogP contribution in [0.1, 0.15) is 45.2 Å². The predicted molar refractivity (Wildman–Crippen MR) is 133 cm³/mol. The van der Waals surface area contributed by atoms with E-state index in [9.17, 15) is 9.59 Å². The molecule has 2 aliphatic rings. The van der Waals surface area contributed by atoms with E-state index in [0.29, 0.717) is 39.3 Å². The number of carbonyl (C=O) groups excluding carboxylic acids is 1. The maximum atomic E-state index is 13.6. The monoisotopic (exact) mass is 472 g/mol. The summed E-state index contributed by atoms with van der Waals surface area (Å²) >= 11 is 6.71. The topological polar surface area (TPSA) is 67.2 Å². The molecule has 2 fully saturated rings. The standard InChI is InChI=1S/C23H28N4O3S2/c1-6-14(3)27-22(29)18(32-23(27)31)10-17-20(25-11-15(4)30-16(5)12-25)24-19-13(2)8-7-9-26(19)21(17)28/h7-10,14-16H,6,11-12H2,1-5H3/b18-10-/t14-,15+,16+/m0/s1. The number of nitrogens with zero attached hydrogens (tertiary/aromatic N) is 4. The summed E-state index contributed by atoms with van der Waals surface area (Å²) in [6.07, 6.45) is 4.20. The number of pyridine rings is 1. The van der Waals surface area contributed by atoms with Gasteiger partial charge in [-0.15, -0.1) is 0 Å². The summed E-state index contributed by atoms with van der Waals surface area (Å²) in [5, 5.41) is 0. The first-order valence-electron chi connectivity index (χ1n) is 10.9. The Morgan fingerprint density at radius 2 is 2.00 bits per heavy atom. The number of rotatable bonds is 4. The van der Waals surface area contributed by atoms with Crippen molar-refractivity contribution < 1.29 is 9.53 Å². The molecule has 3 atom stereocenters. The van der Waals surface area contributed by atoms with Gasteiger partial charge in [0.25, 0.3) is 11.5 Å². The van der Waals surface area contributed by atoms with E-state index in [4.69, 9.17) is 21.9 Å². The van der Waals surface area contributed by atoms with Gasteiger partial charge in [-0.25, -0.2) is 4.98 Å².